The number of aryl methyl sites for hydroxylation is 3. The van der Waals surface area contributed by atoms with E-state index >= 15 is 0 Å². The average Bonchev–Trinajstić information content (AvgIpc) is 3.17. The minimum Gasteiger partial charge on any atom is -0.452 e. The van der Waals surface area contributed by atoms with Gasteiger partial charge >= 0.3 is 0 Å². The zero-order chi connectivity index (χ0) is 19.6. The Balaban J connectivity index is 1.82. The van der Waals surface area contributed by atoms with E-state index < -0.39 is 6.85 Å². The molecule has 0 radical (unpaired) electrons. The largest absolute Gasteiger partial charge is 0.452 e. The lowest BCUT2D eigenvalue weighted by molar-refractivity contribution is -0.661. The third kappa shape index (κ3) is 1.94. The van der Waals surface area contributed by atoms with Crippen LogP contribution in [0, 0.1) is 13.8 Å². The summed E-state index contributed by atoms with van der Waals surface area (Å²) in [6.45, 7) is -0.254. The van der Waals surface area contributed by atoms with Crippen molar-refractivity contribution in [2.24, 2.45) is 7.05 Å². The fourth-order valence-electron chi connectivity index (χ4n) is 3.44. The van der Waals surface area contributed by atoms with E-state index in [1.165, 1.54) is 0 Å². The summed E-state index contributed by atoms with van der Waals surface area (Å²) in [4.78, 5) is 4.18. The normalized spacial score (nSPS) is 14.1. The lowest BCUT2D eigenvalue weighted by Crippen LogP contribution is -2.31. The van der Waals surface area contributed by atoms with E-state index in [0.717, 1.165) is 33.2 Å². The number of para-hydroxylation sites is 1. The second-order valence-corrected chi connectivity index (χ2v) is 6.26. The van der Waals surface area contributed by atoms with Gasteiger partial charge in [0.25, 0.3) is 0 Å². The number of aromatic nitrogens is 2. The van der Waals surface area contributed by atoms with Crippen molar-refractivity contribution in [2.75, 3.05) is 0 Å². The molecule has 122 valence electrons. The van der Waals surface area contributed by atoms with Gasteiger partial charge in [-0.2, -0.15) is 4.57 Å². The van der Waals surface area contributed by atoms with Crippen LogP contribution < -0.4 is 4.57 Å². The molecule has 0 amide bonds. The fourth-order valence-corrected chi connectivity index (χ4v) is 3.44. The van der Waals surface area contributed by atoms with Gasteiger partial charge in [0.1, 0.15) is 18.3 Å². The molecule has 0 unspecified atom stereocenters. The van der Waals surface area contributed by atoms with E-state index in [1.807, 2.05) is 50.4 Å². The maximum atomic E-state index is 7.57. The molecule has 0 N–H and O–H groups in total. The van der Waals surface area contributed by atoms with Gasteiger partial charge in [0.2, 0.25) is 5.69 Å². The number of nitrogens with zero attached hydrogens (tertiary/aromatic N) is 2. The molecule has 0 aliphatic carbocycles. The van der Waals surface area contributed by atoms with Gasteiger partial charge in [-0.05, 0) is 37.5 Å². The molecule has 5 aromatic rings. The van der Waals surface area contributed by atoms with Crippen molar-refractivity contribution in [3.8, 4) is 11.3 Å². The molecule has 3 heterocycles. The summed E-state index contributed by atoms with van der Waals surface area (Å²) in [5.74, 6) is 0. The van der Waals surface area contributed by atoms with Gasteiger partial charge in [0.05, 0.1) is 22.5 Å². The topological polar surface area (TPSA) is 43.0 Å². The first kappa shape index (κ1) is 11.4. The number of rotatable bonds is 1. The number of furan rings is 2. The molecule has 2 aromatic carbocycles. The van der Waals surface area contributed by atoms with Gasteiger partial charge in [0.15, 0.2) is 22.9 Å². The Labute approximate surface area is 148 Å². The number of hydrogen-bond donors (Lipinski definition) is 0. The SMILES string of the molecule is [2H]C([2H])([2H])c1c[n+](C)c(-c2c(C)ccc3c2oc2c4ccccc4oc32)cn1. The summed E-state index contributed by atoms with van der Waals surface area (Å²) < 4.78 is 36.8. The highest BCUT2D eigenvalue weighted by Crippen LogP contribution is 2.40. The molecular formula is C21H17N2O2+. The number of fused-ring (bicyclic) bond motifs is 5. The number of hydrogen-bond acceptors (Lipinski definition) is 3. The third-order valence-corrected chi connectivity index (χ3v) is 4.64. The standard InChI is InChI=1S/C21H17N2O2/c1-12-8-9-15-19(18(12)16-10-22-13(2)11-23(16)3)25-20-14-6-4-5-7-17(14)24-21(15)20/h4-11H,1-3H3/q+1/i2D3. The summed E-state index contributed by atoms with van der Waals surface area (Å²) in [6, 6.07) is 11.8. The predicted molar refractivity (Wildman–Crippen MR) is 97.4 cm³/mol. The van der Waals surface area contributed by atoms with Crippen LogP contribution in [0.4, 0.5) is 0 Å². The maximum absolute atomic E-state index is 7.57. The summed E-state index contributed by atoms with van der Waals surface area (Å²) in [6.07, 6.45) is 3.13. The van der Waals surface area contributed by atoms with E-state index in [4.69, 9.17) is 12.9 Å². The van der Waals surface area contributed by atoms with Gasteiger partial charge in [-0.25, -0.2) is 4.98 Å². The highest BCUT2D eigenvalue weighted by molar-refractivity contribution is 6.15. The fraction of sp³-hybridized carbons (Fsp3) is 0.143. The van der Waals surface area contributed by atoms with Crippen LogP contribution in [0.5, 0.6) is 0 Å². The first-order valence-electron chi connectivity index (χ1n) is 9.54. The number of benzene rings is 2. The minimum atomic E-state index is -2.25. The van der Waals surface area contributed by atoms with Crippen LogP contribution in [0.3, 0.4) is 0 Å². The summed E-state index contributed by atoms with van der Waals surface area (Å²) in [5.41, 5.74) is 5.64. The molecule has 5 rings (SSSR count). The molecule has 25 heavy (non-hydrogen) atoms. The Hall–Kier alpha value is -3.14. The molecule has 0 aliphatic heterocycles. The van der Waals surface area contributed by atoms with Crippen LogP contribution in [-0.4, -0.2) is 4.98 Å². The monoisotopic (exact) mass is 332 g/mol. The van der Waals surface area contributed by atoms with Crippen molar-refractivity contribution in [1.82, 2.24) is 4.98 Å². The van der Waals surface area contributed by atoms with Crippen molar-refractivity contribution in [3.63, 3.8) is 0 Å². The Morgan fingerprint density at radius 1 is 1.00 bits per heavy atom. The molecular weight excluding hydrogens is 312 g/mol. The lowest BCUT2D eigenvalue weighted by atomic mass is 10.0. The lowest BCUT2D eigenvalue weighted by Gasteiger charge is -2.05. The highest BCUT2D eigenvalue weighted by Gasteiger charge is 2.23. The van der Waals surface area contributed by atoms with Crippen LogP contribution in [-0.2, 0) is 7.05 Å². The molecule has 0 atom stereocenters. The van der Waals surface area contributed by atoms with E-state index in [2.05, 4.69) is 4.98 Å². The first-order chi connectivity index (χ1) is 13.3. The maximum Gasteiger partial charge on any atom is 0.234 e. The van der Waals surface area contributed by atoms with Crippen molar-refractivity contribution in [3.05, 3.63) is 60.0 Å². The molecule has 0 fully saturated rings. The van der Waals surface area contributed by atoms with Gasteiger partial charge in [-0.3, -0.25) is 0 Å². The van der Waals surface area contributed by atoms with Gasteiger partial charge < -0.3 is 8.83 Å². The molecule has 0 saturated carbocycles. The zero-order valence-corrected chi connectivity index (χ0v) is 13.8. The summed E-state index contributed by atoms with van der Waals surface area (Å²) >= 11 is 0. The Kier molecular flexibility index (Phi) is 2.25. The van der Waals surface area contributed by atoms with Crippen LogP contribution >= 0.6 is 0 Å². The van der Waals surface area contributed by atoms with Crippen LogP contribution in [0.15, 0.2) is 57.6 Å². The first-order valence-corrected chi connectivity index (χ1v) is 8.04. The van der Waals surface area contributed by atoms with Crippen LogP contribution in [0.25, 0.3) is 44.4 Å². The molecule has 0 saturated heterocycles. The third-order valence-electron chi connectivity index (χ3n) is 4.64. The van der Waals surface area contributed by atoms with E-state index in [-0.39, 0.29) is 5.69 Å². The van der Waals surface area contributed by atoms with Gasteiger partial charge in [-0.15, -0.1) is 0 Å². The van der Waals surface area contributed by atoms with Crippen LogP contribution in [0.2, 0.25) is 0 Å². The Morgan fingerprint density at radius 3 is 2.68 bits per heavy atom. The molecule has 0 bridgehead atoms. The van der Waals surface area contributed by atoms with Gasteiger partial charge in [0, 0.05) is 4.11 Å². The second kappa shape index (κ2) is 4.93. The van der Waals surface area contributed by atoms with Crippen molar-refractivity contribution < 1.29 is 17.5 Å². The molecule has 4 heteroatoms. The van der Waals surface area contributed by atoms with Crippen molar-refractivity contribution in [1.29, 1.82) is 0 Å². The molecule has 4 nitrogen and oxygen atoms in total. The van der Waals surface area contributed by atoms with E-state index in [1.54, 1.807) is 17.0 Å². The summed E-state index contributed by atoms with van der Waals surface area (Å²) in [7, 11) is 1.81. The van der Waals surface area contributed by atoms with Crippen molar-refractivity contribution in [2.45, 2.75) is 13.8 Å². The molecule has 0 aliphatic rings. The smallest absolute Gasteiger partial charge is 0.234 e. The molecule has 3 aromatic heterocycles. The highest BCUT2D eigenvalue weighted by atomic mass is 16.4. The van der Waals surface area contributed by atoms with Crippen LogP contribution in [0.1, 0.15) is 15.4 Å². The predicted octanol–water partition coefficient (Wildman–Crippen LogP) is 4.84. The summed E-state index contributed by atoms with van der Waals surface area (Å²) in [5, 5.41) is 1.81. The zero-order valence-electron chi connectivity index (χ0n) is 16.8. The van der Waals surface area contributed by atoms with Gasteiger partial charge in [-0.1, -0.05) is 18.2 Å². The Morgan fingerprint density at radius 2 is 1.84 bits per heavy atom. The van der Waals surface area contributed by atoms with E-state index in [0.29, 0.717) is 16.7 Å². The Bertz CT molecular complexity index is 1380. The van der Waals surface area contributed by atoms with Crippen molar-refractivity contribution >= 4 is 33.1 Å². The quantitative estimate of drug-likeness (QED) is 0.413. The minimum absolute atomic E-state index is 0.0581. The average molecular weight is 332 g/mol. The second-order valence-electron chi connectivity index (χ2n) is 6.26. The molecule has 0 spiro atoms. The van der Waals surface area contributed by atoms with E-state index in [9.17, 15) is 0 Å².